The Kier molecular flexibility index (Phi) is 30.5. The molecular weight excluding hydrogens is 1080 g/mol. The fourth-order valence-electron chi connectivity index (χ4n) is 5.91. The molecule has 0 radical (unpaired) electrons. The van der Waals surface area contributed by atoms with Crippen LogP contribution in [0.3, 0.4) is 0 Å². The molecule has 15 N–H and O–H groups in total. The Balaban J connectivity index is 1.78. The lowest BCUT2D eigenvalue weighted by atomic mass is 10.3. The molecule has 30 nitrogen and oxygen atoms in total. The third-order valence-electron chi connectivity index (χ3n) is 9.86. The van der Waals surface area contributed by atoms with Crippen molar-refractivity contribution in [3.8, 4) is 17.2 Å². The van der Waals surface area contributed by atoms with Gasteiger partial charge in [-0.15, -0.1) is 0 Å². The quantitative estimate of drug-likeness (QED) is 0.124. The number of thioether (sulfide) groups is 3. The molecule has 1 aromatic carbocycles. The summed E-state index contributed by atoms with van der Waals surface area (Å²) in [7, 11) is 0. The molecule has 12 amide bonds. The maximum absolute atomic E-state index is 13.3. The smallest absolute Gasteiger partial charge is 0.327 e. The van der Waals surface area contributed by atoms with E-state index in [9.17, 15) is 67.4 Å². The third-order valence-corrected chi connectivity index (χ3v) is 13.3. The lowest BCUT2D eigenvalue weighted by molar-refractivity contribution is -0.141. The van der Waals surface area contributed by atoms with Gasteiger partial charge in [0.1, 0.15) is 29.3 Å². The van der Waals surface area contributed by atoms with Crippen LogP contribution in [0.1, 0.15) is 19.3 Å². The number of aliphatic carboxylic acids is 1. The van der Waals surface area contributed by atoms with Gasteiger partial charge in [-0.2, -0.15) is 35.3 Å². The number of rotatable bonds is 1. The largest absolute Gasteiger partial charge is 0.493 e. The van der Waals surface area contributed by atoms with Crippen LogP contribution in [0.25, 0.3) is 0 Å². The van der Waals surface area contributed by atoms with Crippen molar-refractivity contribution in [3.05, 3.63) is 18.2 Å². The predicted molar refractivity (Wildman–Crippen MR) is 278 cm³/mol. The molecule has 0 aliphatic carbocycles. The van der Waals surface area contributed by atoms with Crippen molar-refractivity contribution in [2.24, 2.45) is 5.73 Å². The van der Waals surface area contributed by atoms with Crippen LogP contribution >= 0.6 is 35.3 Å². The minimum Gasteiger partial charge on any atom is -0.493 e. The Bertz CT molecular complexity index is 2250. The van der Waals surface area contributed by atoms with E-state index in [1.54, 1.807) is 18.2 Å². The summed E-state index contributed by atoms with van der Waals surface area (Å²) in [5.41, 5.74) is 6.00. The van der Waals surface area contributed by atoms with E-state index in [1.165, 1.54) is 35.3 Å². The molecule has 0 saturated carbocycles. The van der Waals surface area contributed by atoms with Crippen LogP contribution in [-0.2, 0) is 62.3 Å². The van der Waals surface area contributed by atoms with Crippen LogP contribution in [0, 0.1) is 0 Å². The van der Waals surface area contributed by atoms with Crippen molar-refractivity contribution < 1.29 is 81.6 Å². The minimum absolute atomic E-state index is 0.0103. The van der Waals surface area contributed by atoms with E-state index in [0.717, 1.165) is 0 Å². The summed E-state index contributed by atoms with van der Waals surface area (Å²) < 4.78 is 18.1. The van der Waals surface area contributed by atoms with Crippen molar-refractivity contribution in [3.63, 3.8) is 0 Å². The number of nitrogens with two attached hydrogens (primary N) is 1. The van der Waals surface area contributed by atoms with E-state index in [4.69, 9.17) is 19.9 Å². The van der Waals surface area contributed by atoms with E-state index >= 15 is 0 Å². The number of carboxylic acids is 1. The summed E-state index contributed by atoms with van der Waals surface area (Å²) in [6, 6.07) is 1.45. The zero-order valence-electron chi connectivity index (χ0n) is 41.8. The zero-order valence-corrected chi connectivity index (χ0v) is 44.3. The summed E-state index contributed by atoms with van der Waals surface area (Å²) >= 11 is 3.86. The Morgan fingerprint density at radius 2 is 0.714 bits per heavy atom. The van der Waals surface area contributed by atoms with Gasteiger partial charge in [0.15, 0.2) is 0 Å². The maximum Gasteiger partial charge on any atom is 0.327 e. The monoisotopic (exact) mass is 1140 g/mol. The molecule has 0 unspecified atom stereocenters. The highest BCUT2D eigenvalue weighted by Gasteiger charge is 2.24. The van der Waals surface area contributed by atoms with Gasteiger partial charge in [-0.3, -0.25) is 57.5 Å². The molecule has 33 heteroatoms. The predicted octanol–water partition coefficient (Wildman–Crippen LogP) is -7.24. The maximum atomic E-state index is 13.3. The topological polar surface area (TPSA) is 440 Å². The summed E-state index contributed by atoms with van der Waals surface area (Å²) in [6.07, 6.45) is 1.42. The number of carbonyl (C=O) groups excluding carboxylic acids is 12. The van der Waals surface area contributed by atoms with Gasteiger partial charge in [-0.25, -0.2) is 4.79 Å². The van der Waals surface area contributed by atoms with Gasteiger partial charge in [0, 0.05) is 35.5 Å². The standard InChI is InChI=1S/C44H65N13O17S3/c45-29-23-75-7-1-4-72-26-10-27-12-28(11-26)74-6-3-9-77-25-31(44(70)71)57-41(67)22-53-37(63)18-49-33(59)14-47-35(61)16-51-39(65)20-55-43(69)30(24-76-8-2-5-73-27)56-40(66)21-52-36(62)17-48-32(58)13-46-34(60)15-50-38(64)19-54-42(29)68/h10-12,29-31H,1-9,13-25,45H2,(H,46,60)(H,47,61)(H,48,58)(H,49,59)(H,50,64)(H,51,65)(H,52,62)(H,53,63)(H,54,68)(H,55,69)(H,56,66)(H,57,67)(H,70,71)/t29-,30-,31-/m0/s1. The summed E-state index contributed by atoms with van der Waals surface area (Å²) in [4.78, 5) is 162. The van der Waals surface area contributed by atoms with Gasteiger partial charge >= 0.3 is 5.97 Å². The second-order valence-electron chi connectivity index (χ2n) is 16.3. The average Bonchev–Trinajstić information content (AvgIpc) is 3.40. The molecule has 0 spiro atoms. The molecule has 0 saturated heterocycles. The number of hydrogen-bond acceptors (Lipinski definition) is 20. The molecule has 77 heavy (non-hydrogen) atoms. The molecule has 0 fully saturated rings. The van der Waals surface area contributed by atoms with Crippen molar-refractivity contribution in [1.82, 2.24) is 63.8 Å². The van der Waals surface area contributed by atoms with Crippen LogP contribution in [0.5, 0.6) is 17.2 Å². The molecule has 3 rings (SSSR count). The number of nitrogens with one attached hydrogen (secondary N) is 12. The van der Waals surface area contributed by atoms with Crippen LogP contribution in [0.15, 0.2) is 18.2 Å². The van der Waals surface area contributed by atoms with E-state index in [-0.39, 0.29) is 37.1 Å². The number of ether oxygens (including phenoxy) is 3. The average molecular weight is 1140 g/mol. The van der Waals surface area contributed by atoms with Crippen molar-refractivity contribution in [2.75, 3.05) is 120 Å². The lowest BCUT2D eigenvalue weighted by Gasteiger charge is -2.19. The molecule has 426 valence electrons. The number of fused-ring (bicyclic) bond motifs is 8. The second kappa shape index (κ2) is 36.7. The summed E-state index contributed by atoms with van der Waals surface area (Å²) in [5.74, 6) is -7.86. The van der Waals surface area contributed by atoms with Gasteiger partial charge < -0.3 is 88.9 Å². The first-order valence-electron chi connectivity index (χ1n) is 23.9. The van der Waals surface area contributed by atoms with E-state index < -0.39 is 160 Å². The van der Waals surface area contributed by atoms with Crippen LogP contribution < -0.4 is 83.7 Å². The Labute approximate surface area is 454 Å². The van der Waals surface area contributed by atoms with E-state index in [0.29, 0.717) is 53.8 Å². The number of carbonyl (C=O) groups is 13. The fraction of sp³-hybridized carbons (Fsp3) is 0.568. The van der Waals surface area contributed by atoms with Crippen molar-refractivity contribution in [1.29, 1.82) is 0 Å². The Hall–Kier alpha value is -7.26. The highest BCUT2D eigenvalue weighted by atomic mass is 32.2. The van der Waals surface area contributed by atoms with E-state index in [1.807, 2.05) is 0 Å². The highest BCUT2D eigenvalue weighted by molar-refractivity contribution is 7.99. The molecule has 4 bridgehead atoms. The zero-order chi connectivity index (χ0) is 56.4. The first-order chi connectivity index (χ1) is 36.9. The Morgan fingerprint density at radius 1 is 0.416 bits per heavy atom. The molecule has 0 aromatic heterocycles. The normalized spacial score (nSPS) is 22.4. The number of hydrogen-bond donors (Lipinski definition) is 14. The molecule has 2 aliphatic heterocycles. The van der Waals surface area contributed by atoms with E-state index in [2.05, 4.69) is 63.8 Å². The molecular formula is C44H65N13O17S3. The van der Waals surface area contributed by atoms with Gasteiger partial charge in [-0.05, 0) is 36.5 Å². The number of amides is 12. The van der Waals surface area contributed by atoms with Gasteiger partial charge in [-0.1, -0.05) is 0 Å². The summed E-state index contributed by atoms with van der Waals surface area (Å²) in [6.45, 7) is -5.28. The highest BCUT2D eigenvalue weighted by Crippen LogP contribution is 2.29. The third kappa shape index (κ3) is 29.6. The van der Waals surface area contributed by atoms with Crippen LogP contribution in [0.2, 0.25) is 0 Å². The fourth-order valence-corrected chi connectivity index (χ4v) is 8.71. The lowest BCUT2D eigenvalue weighted by Crippen LogP contribution is -2.53. The Morgan fingerprint density at radius 3 is 1.08 bits per heavy atom. The molecule has 2 aliphatic rings. The molecule has 1 aromatic rings. The SMILES string of the molecule is N[C@H]1CSCCCOc2cc3cc(c2)OCCCSC[C@H](NC(=O)CNC(=O)CNC(=O)CNC(=O)CNC(=O)CNC1=O)C(=O)NCC(=O)NCC(=O)NCC(=O)NCC(=O)NCC(=O)N[C@H](C(=O)O)CSCCCO3. The van der Waals surface area contributed by atoms with Crippen LogP contribution in [-0.4, -0.2) is 220 Å². The van der Waals surface area contributed by atoms with Gasteiger partial charge in [0.25, 0.3) is 0 Å². The molecule has 3 atom stereocenters. The number of carboxylic acid groups (broad SMARTS) is 1. The molecule has 2 heterocycles. The number of benzene rings is 1. The summed E-state index contributed by atoms with van der Waals surface area (Å²) in [5, 5.41) is 37.3. The first-order valence-corrected chi connectivity index (χ1v) is 27.4. The first kappa shape index (κ1) is 64.0. The van der Waals surface area contributed by atoms with Gasteiger partial charge in [0.2, 0.25) is 70.9 Å². The van der Waals surface area contributed by atoms with Crippen molar-refractivity contribution >= 4 is 112 Å². The second-order valence-corrected chi connectivity index (χ2v) is 19.8. The van der Waals surface area contributed by atoms with Gasteiger partial charge in [0.05, 0.1) is 91.3 Å². The minimum atomic E-state index is -1.30. The van der Waals surface area contributed by atoms with Crippen LogP contribution in [0.4, 0.5) is 0 Å². The van der Waals surface area contributed by atoms with Crippen molar-refractivity contribution in [2.45, 2.75) is 37.4 Å².